The maximum Gasteiger partial charge on any atom is 0.225 e. The lowest BCUT2D eigenvalue weighted by atomic mass is 10.1. The number of carbonyl (C=O) groups excluding carboxylic acids is 1. The van der Waals surface area contributed by atoms with Crippen molar-refractivity contribution in [1.82, 2.24) is 9.78 Å². The van der Waals surface area contributed by atoms with Crippen molar-refractivity contribution in [3.05, 3.63) is 46.6 Å². The molecule has 1 aromatic carbocycles. The van der Waals surface area contributed by atoms with Gasteiger partial charge >= 0.3 is 0 Å². The topological polar surface area (TPSA) is 46.9 Å². The van der Waals surface area contributed by atoms with E-state index in [0.717, 1.165) is 22.3 Å². The second-order valence-electron chi connectivity index (χ2n) is 5.45. The predicted octanol–water partition coefficient (Wildman–Crippen LogP) is 4.07. The first kappa shape index (κ1) is 15.8. The van der Waals surface area contributed by atoms with E-state index < -0.39 is 0 Å². The van der Waals surface area contributed by atoms with Gasteiger partial charge in [0.2, 0.25) is 5.91 Å². The van der Waals surface area contributed by atoms with Gasteiger partial charge in [0.15, 0.2) is 0 Å². The fourth-order valence-corrected chi connectivity index (χ4v) is 2.39. The highest BCUT2D eigenvalue weighted by atomic mass is 79.9. The molecule has 0 radical (unpaired) electrons. The van der Waals surface area contributed by atoms with E-state index in [2.05, 4.69) is 40.2 Å². The van der Waals surface area contributed by atoms with Crippen LogP contribution in [0.1, 0.15) is 32.3 Å². The lowest BCUT2D eigenvalue weighted by Gasteiger charge is -2.10. The molecule has 0 unspecified atom stereocenters. The minimum absolute atomic E-state index is 0.0394. The molecule has 2 rings (SSSR count). The van der Waals surface area contributed by atoms with Gasteiger partial charge in [0, 0.05) is 17.0 Å². The van der Waals surface area contributed by atoms with Gasteiger partial charge in [-0.2, -0.15) is 5.10 Å². The highest BCUT2D eigenvalue weighted by Crippen LogP contribution is 2.19. The van der Waals surface area contributed by atoms with E-state index in [4.69, 9.17) is 0 Å². The van der Waals surface area contributed by atoms with E-state index in [1.165, 1.54) is 0 Å². The number of halogens is 1. The molecule has 1 heterocycles. The molecule has 0 atom stereocenters. The minimum Gasteiger partial charge on any atom is -0.311 e. The number of aromatic nitrogens is 2. The molecular weight excluding hydrogens is 330 g/mol. The molecule has 0 saturated heterocycles. The molecule has 112 valence electrons. The van der Waals surface area contributed by atoms with Crippen molar-refractivity contribution >= 4 is 27.7 Å². The summed E-state index contributed by atoms with van der Waals surface area (Å²) in [6.07, 6.45) is 3.14. The van der Waals surface area contributed by atoms with Crippen LogP contribution in [0.4, 0.5) is 5.82 Å². The largest absolute Gasteiger partial charge is 0.311 e. The Hall–Kier alpha value is -1.62. The molecule has 0 saturated carbocycles. The lowest BCUT2D eigenvalue weighted by molar-refractivity contribution is -0.116. The summed E-state index contributed by atoms with van der Waals surface area (Å²) in [6, 6.07) is 9.83. The summed E-state index contributed by atoms with van der Waals surface area (Å²) in [5.41, 5.74) is 1.12. The Balaban J connectivity index is 2.02. The van der Waals surface area contributed by atoms with E-state index in [0.29, 0.717) is 18.9 Å². The van der Waals surface area contributed by atoms with Gasteiger partial charge in [-0.05, 0) is 24.0 Å². The third kappa shape index (κ3) is 4.70. The number of amides is 1. The van der Waals surface area contributed by atoms with Crippen LogP contribution in [0.25, 0.3) is 0 Å². The predicted molar refractivity (Wildman–Crippen MR) is 88.2 cm³/mol. The zero-order chi connectivity index (χ0) is 15.2. The highest BCUT2D eigenvalue weighted by molar-refractivity contribution is 9.10. The number of nitrogens with zero attached hydrogens (tertiary/aromatic N) is 2. The summed E-state index contributed by atoms with van der Waals surface area (Å²) < 4.78 is 2.84. The molecule has 1 N–H and O–H groups in total. The molecule has 0 fully saturated rings. The second kappa shape index (κ2) is 7.41. The van der Waals surface area contributed by atoms with E-state index >= 15 is 0 Å². The molecule has 0 aliphatic carbocycles. The maximum absolute atomic E-state index is 11.9. The summed E-state index contributed by atoms with van der Waals surface area (Å²) in [5.74, 6) is 1.30. The average Bonchev–Trinajstić information content (AvgIpc) is 2.86. The van der Waals surface area contributed by atoms with Crippen molar-refractivity contribution in [3.8, 4) is 0 Å². The Morgan fingerprint density at radius 1 is 1.33 bits per heavy atom. The SMILES string of the molecule is CC(C)CCC(=O)Nc1ccnn1Cc1ccccc1Br. The molecule has 0 spiro atoms. The normalized spacial score (nSPS) is 10.9. The quantitative estimate of drug-likeness (QED) is 0.854. The Kier molecular flexibility index (Phi) is 5.56. The van der Waals surface area contributed by atoms with Crippen LogP contribution in [0, 0.1) is 5.92 Å². The van der Waals surface area contributed by atoms with Crippen LogP contribution in [0.5, 0.6) is 0 Å². The van der Waals surface area contributed by atoms with Gasteiger partial charge in [-0.1, -0.05) is 48.0 Å². The molecule has 21 heavy (non-hydrogen) atoms. The minimum atomic E-state index is 0.0394. The van der Waals surface area contributed by atoms with Gasteiger partial charge < -0.3 is 5.32 Å². The van der Waals surface area contributed by atoms with Crippen LogP contribution >= 0.6 is 15.9 Å². The Bertz CT molecular complexity index is 607. The van der Waals surface area contributed by atoms with Crippen molar-refractivity contribution in [2.75, 3.05) is 5.32 Å². The zero-order valence-corrected chi connectivity index (χ0v) is 13.9. The first-order valence-corrected chi connectivity index (χ1v) is 7.90. The van der Waals surface area contributed by atoms with Gasteiger partial charge in [0.1, 0.15) is 5.82 Å². The molecule has 0 bridgehead atoms. The van der Waals surface area contributed by atoms with Crippen molar-refractivity contribution < 1.29 is 4.79 Å². The maximum atomic E-state index is 11.9. The zero-order valence-electron chi connectivity index (χ0n) is 12.3. The van der Waals surface area contributed by atoms with E-state index in [-0.39, 0.29) is 5.91 Å². The fraction of sp³-hybridized carbons (Fsp3) is 0.375. The molecule has 0 aliphatic heterocycles. The smallest absolute Gasteiger partial charge is 0.225 e. The highest BCUT2D eigenvalue weighted by Gasteiger charge is 2.09. The van der Waals surface area contributed by atoms with Crippen LogP contribution in [-0.4, -0.2) is 15.7 Å². The monoisotopic (exact) mass is 349 g/mol. The average molecular weight is 350 g/mol. The van der Waals surface area contributed by atoms with Gasteiger partial charge in [0.05, 0.1) is 12.7 Å². The van der Waals surface area contributed by atoms with Crippen molar-refractivity contribution in [2.24, 2.45) is 5.92 Å². The van der Waals surface area contributed by atoms with Gasteiger partial charge in [-0.15, -0.1) is 0 Å². The lowest BCUT2D eigenvalue weighted by Crippen LogP contribution is -2.16. The first-order chi connectivity index (χ1) is 10.1. The van der Waals surface area contributed by atoms with Crippen molar-refractivity contribution in [2.45, 2.75) is 33.2 Å². The standard InChI is InChI=1S/C16H20BrN3O/c1-12(2)7-8-16(21)19-15-9-10-18-20(15)11-13-5-3-4-6-14(13)17/h3-6,9-10,12H,7-8,11H2,1-2H3,(H,19,21). The number of nitrogens with one attached hydrogen (secondary N) is 1. The molecular formula is C16H20BrN3O. The number of hydrogen-bond acceptors (Lipinski definition) is 2. The van der Waals surface area contributed by atoms with E-state index in [9.17, 15) is 4.79 Å². The van der Waals surface area contributed by atoms with E-state index in [1.807, 2.05) is 30.3 Å². The molecule has 1 aromatic heterocycles. The van der Waals surface area contributed by atoms with Gasteiger partial charge in [-0.25, -0.2) is 4.68 Å². The molecule has 5 heteroatoms. The summed E-state index contributed by atoms with van der Waals surface area (Å²) in [7, 11) is 0. The van der Waals surface area contributed by atoms with E-state index in [1.54, 1.807) is 10.9 Å². The summed E-state index contributed by atoms with van der Waals surface area (Å²) in [6.45, 7) is 4.85. The number of carbonyl (C=O) groups is 1. The third-order valence-electron chi connectivity index (χ3n) is 3.21. The summed E-state index contributed by atoms with van der Waals surface area (Å²) in [4.78, 5) is 11.9. The van der Waals surface area contributed by atoms with Gasteiger partial charge in [-0.3, -0.25) is 4.79 Å². The number of anilines is 1. The van der Waals surface area contributed by atoms with Crippen LogP contribution < -0.4 is 5.32 Å². The van der Waals surface area contributed by atoms with Crippen molar-refractivity contribution in [3.63, 3.8) is 0 Å². The molecule has 2 aromatic rings. The summed E-state index contributed by atoms with van der Waals surface area (Å²) >= 11 is 3.53. The Labute approximate surface area is 133 Å². The summed E-state index contributed by atoms with van der Waals surface area (Å²) in [5, 5.41) is 7.21. The Morgan fingerprint density at radius 3 is 2.81 bits per heavy atom. The van der Waals surface area contributed by atoms with Crippen LogP contribution in [-0.2, 0) is 11.3 Å². The third-order valence-corrected chi connectivity index (χ3v) is 3.98. The number of benzene rings is 1. The van der Waals surface area contributed by atoms with Crippen LogP contribution in [0.3, 0.4) is 0 Å². The number of rotatable bonds is 6. The Morgan fingerprint density at radius 2 is 2.10 bits per heavy atom. The number of hydrogen-bond donors (Lipinski definition) is 1. The fourth-order valence-electron chi connectivity index (χ4n) is 1.98. The van der Waals surface area contributed by atoms with Crippen LogP contribution in [0.2, 0.25) is 0 Å². The molecule has 4 nitrogen and oxygen atoms in total. The first-order valence-electron chi connectivity index (χ1n) is 7.11. The van der Waals surface area contributed by atoms with Crippen molar-refractivity contribution in [1.29, 1.82) is 0 Å². The second-order valence-corrected chi connectivity index (χ2v) is 6.30. The van der Waals surface area contributed by atoms with Crippen LogP contribution in [0.15, 0.2) is 41.0 Å². The molecule has 1 amide bonds. The van der Waals surface area contributed by atoms with Gasteiger partial charge in [0.25, 0.3) is 0 Å². The molecule has 0 aliphatic rings.